The molecule has 0 aliphatic rings. The van der Waals surface area contributed by atoms with Crippen LogP contribution in [0.1, 0.15) is 21.5 Å². The first kappa shape index (κ1) is 13.2. The highest BCUT2D eigenvalue weighted by molar-refractivity contribution is 6.66. The fraction of sp³-hybridized carbons (Fsp3) is 0. The zero-order chi connectivity index (χ0) is 13.7. The second-order valence-corrected chi connectivity index (χ2v) is 4.33. The summed E-state index contributed by atoms with van der Waals surface area (Å²) in [5.74, 6) is -0.0236. The summed E-state index contributed by atoms with van der Waals surface area (Å²) in [7, 11) is 0. The third kappa shape index (κ3) is 3.63. The van der Waals surface area contributed by atoms with Crippen molar-refractivity contribution < 1.29 is 9.59 Å². The van der Waals surface area contributed by atoms with Crippen LogP contribution in [-0.4, -0.2) is 11.0 Å². The van der Waals surface area contributed by atoms with E-state index in [0.29, 0.717) is 11.1 Å². The van der Waals surface area contributed by atoms with Crippen LogP contribution in [0.2, 0.25) is 0 Å². The molecule has 0 amide bonds. The molecule has 0 aliphatic heterocycles. The first-order chi connectivity index (χ1) is 9.16. The van der Waals surface area contributed by atoms with E-state index in [9.17, 15) is 9.59 Å². The topological polar surface area (TPSA) is 34.1 Å². The molecule has 0 N–H and O–H groups in total. The minimum atomic E-state index is -0.524. The molecule has 0 radical (unpaired) electrons. The lowest BCUT2D eigenvalue weighted by molar-refractivity contribution is -0.107. The molecular formula is C16H11ClO2. The van der Waals surface area contributed by atoms with E-state index in [0.717, 1.165) is 5.56 Å². The van der Waals surface area contributed by atoms with Gasteiger partial charge in [0.15, 0.2) is 5.78 Å². The van der Waals surface area contributed by atoms with Crippen molar-refractivity contribution in [3.8, 4) is 0 Å². The van der Waals surface area contributed by atoms with E-state index in [1.165, 1.54) is 6.08 Å². The van der Waals surface area contributed by atoms with Gasteiger partial charge in [0.1, 0.15) is 0 Å². The summed E-state index contributed by atoms with van der Waals surface area (Å²) in [6.07, 6.45) is 2.88. The fourth-order valence-corrected chi connectivity index (χ4v) is 1.73. The van der Waals surface area contributed by atoms with Gasteiger partial charge in [0, 0.05) is 11.1 Å². The van der Waals surface area contributed by atoms with E-state index in [2.05, 4.69) is 0 Å². The molecule has 2 rings (SSSR count). The number of benzene rings is 2. The van der Waals surface area contributed by atoms with Crippen LogP contribution in [-0.2, 0) is 4.79 Å². The van der Waals surface area contributed by atoms with Gasteiger partial charge in [-0.3, -0.25) is 9.59 Å². The summed E-state index contributed by atoms with van der Waals surface area (Å²) in [6.45, 7) is 0. The largest absolute Gasteiger partial charge is 0.289 e. The molecule has 0 aliphatic carbocycles. The SMILES string of the molecule is O=C(Cl)/C=C/c1ccc(C(=O)c2ccccc2)cc1. The summed E-state index contributed by atoms with van der Waals surface area (Å²) in [5.41, 5.74) is 2.08. The van der Waals surface area contributed by atoms with Gasteiger partial charge in [-0.15, -0.1) is 0 Å². The van der Waals surface area contributed by atoms with E-state index < -0.39 is 5.24 Å². The number of halogens is 1. The van der Waals surface area contributed by atoms with Crippen LogP contribution in [0.5, 0.6) is 0 Å². The Morgan fingerprint density at radius 2 is 1.42 bits per heavy atom. The number of ketones is 1. The molecule has 2 aromatic rings. The summed E-state index contributed by atoms with van der Waals surface area (Å²) >= 11 is 5.21. The molecular weight excluding hydrogens is 260 g/mol. The van der Waals surface area contributed by atoms with E-state index in [-0.39, 0.29) is 5.78 Å². The minimum absolute atomic E-state index is 0.0236. The van der Waals surface area contributed by atoms with Gasteiger partial charge in [-0.1, -0.05) is 60.7 Å². The van der Waals surface area contributed by atoms with Crippen molar-refractivity contribution in [2.24, 2.45) is 0 Å². The van der Waals surface area contributed by atoms with Crippen LogP contribution in [0.4, 0.5) is 0 Å². The van der Waals surface area contributed by atoms with Crippen molar-refractivity contribution in [2.45, 2.75) is 0 Å². The minimum Gasteiger partial charge on any atom is -0.289 e. The second-order valence-electron chi connectivity index (χ2n) is 3.95. The van der Waals surface area contributed by atoms with Crippen molar-refractivity contribution >= 4 is 28.7 Å². The lowest BCUT2D eigenvalue weighted by Gasteiger charge is -2.01. The van der Waals surface area contributed by atoms with E-state index in [1.807, 2.05) is 18.2 Å². The molecule has 0 aromatic heterocycles. The molecule has 0 bridgehead atoms. The van der Waals surface area contributed by atoms with Gasteiger partial charge in [0.2, 0.25) is 5.24 Å². The molecule has 94 valence electrons. The Balaban J connectivity index is 2.19. The van der Waals surface area contributed by atoms with Gasteiger partial charge in [-0.2, -0.15) is 0 Å². The Labute approximate surface area is 116 Å². The fourth-order valence-electron chi connectivity index (χ4n) is 1.66. The Bertz CT molecular complexity index is 613. The maximum atomic E-state index is 12.1. The lowest BCUT2D eigenvalue weighted by Crippen LogP contribution is -2.00. The zero-order valence-corrected chi connectivity index (χ0v) is 10.8. The maximum absolute atomic E-state index is 12.1. The normalized spacial score (nSPS) is 10.6. The Hall–Kier alpha value is -2.19. The van der Waals surface area contributed by atoms with Gasteiger partial charge < -0.3 is 0 Å². The Kier molecular flexibility index (Phi) is 4.26. The molecule has 0 heterocycles. The maximum Gasteiger partial charge on any atom is 0.245 e. The first-order valence-electron chi connectivity index (χ1n) is 5.74. The summed E-state index contributed by atoms with van der Waals surface area (Å²) < 4.78 is 0. The quantitative estimate of drug-likeness (QED) is 0.482. The molecule has 0 saturated carbocycles. The molecule has 0 saturated heterocycles. The number of allylic oxidation sites excluding steroid dienone is 1. The van der Waals surface area contributed by atoms with Crippen molar-refractivity contribution in [3.05, 3.63) is 77.4 Å². The number of rotatable bonds is 4. The monoisotopic (exact) mass is 270 g/mol. The highest BCUT2D eigenvalue weighted by atomic mass is 35.5. The number of hydrogen-bond donors (Lipinski definition) is 0. The Morgan fingerprint density at radius 3 is 2.00 bits per heavy atom. The number of carbonyl (C=O) groups is 2. The lowest BCUT2D eigenvalue weighted by atomic mass is 10.0. The van der Waals surface area contributed by atoms with Gasteiger partial charge in [-0.25, -0.2) is 0 Å². The highest BCUT2D eigenvalue weighted by Crippen LogP contribution is 2.12. The van der Waals surface area contributed by atoms with Crippen LogP contribution in [0, 0.1) is 0 Å². The molecule has 0 atom stereocenters. The van der Waals surface area contributed by atoms with E-state index in [1.54, 1.807) is 42.5 Å². The summed E-state index contributed by atoms with van der Waals surface area (Å²) in [6, 6.07) is 16.1. The molecule has 0 unspecified atom stereocenters. The third-order valence-corrected chi connectivity index (χ3v) is 2.74. The van der Waals surface area contributed by atoms with Crippen LogP contribution >= 0.6 is 11.6 Å². The standard InChI is InChI=1S/C16H11ClO2/c17-15(18)11-8-12-6-9-14(10-7-12)16(19)13-4-2-1-3-5-13/h1-11H/b11-8+. The zero-order valence-electron chi connectivity index (χ0n) is 10.0. The highest BCUT2D eigenvalue weighted by Gasteiger charge is 2.07. The van der Waals surface area contributed by atoms with Crippen LogP contribution in [0.3, 0.4) is 0 Å². The number of carbonyl (C=O) groups excluding carboxylic acids is 2. The van der Waals surface area contributed by atoms with Crippen molar-refractivity contribution in [2.75, 3.05) is 0 Å². The average Bonchev–Trinajstić information content (AvgIpc) is 2.46. The van der Waals surface area contributed by atoms with Crippen LogP contribution < -0.4 is 0 Å². The van der Waals surface area contributed by atoms with Gasteiger partial charge in [0.25, 0.3) is 0 Å². The predicted molar refractivity (Wildman–Crippen MR) is 76.2 cm³/mol. The van der Waals surface area contributed by atoms with Gasteiger partial charge in [-0.05, 0) is 23.2 Å². The molecule has 2 aromatic carbocycles. The second kappa shape index (κ2) is 6.12. The summed E-state index contributed by atoms with van der Waals surface area (Å²) in [5, 5.41) is -0.524. The van der Waals surface area contributed by atoms with E-state index in [4.69, 9.17) is 11.6 Å². The third-order valence-electron chi connectivity index (χ3n) is 2.62. The molecule has 2 nitrogen and oxygen atoms in total. The van der Waals surface area contributed by atoms with Crippen molar-refractivity contribution in [3.63, 3.8) is 0 Å². The van der Waals surface area contributed by atoms with Crippen LogP contribution in [0.15, 0.2) is 60.7 Å². The first-order valence-corrected chi connectivity index (χ1v) is 6.12. The van der Waals surface area contributed by atoms with Crippen LogP contribution in [0.25, 0.3) is 6.08 Å². The molecule has 19 heavy (non-hydrogen) atoms. The van der Waals surface area contributed by atoms with Crippen molar-refractivity contribution in [1.82, 2.24) is 0 Å². The summed E-state index contributed by atoms with van der Waals surface area (Å²) in [4.78, 5) is 22.7. The smallest absolute Gasteiger partial charge is 0.245 e. The Morgan fingerprint density at radius 1 is 0.842 bits per heavy atom. The van der Waals surface area contributed by atoms with Crippen molar-refractivity contribution in [1.29, 1.82) is 0 Å². The van der Waals surface area contributed by atoms with Gasteiger partial charge in [0.05, 0.1) is 0 Å². The average molecular weight is 271 g/mol. The predicted octanol–water partition coefficient (Wildman–Crippen LogP) is 3.70. The molecule has 3 heteroatoms. The molecule has 0 spiro atoms. The molecule has 0 fully saturated rings. The van der Waals surface area contributed by atoms with Gasteiger partial charge >= 0.3 is 0 Å². The number of hydrogen-bond acceptors (Lipinski definition) is 2. The van der Waals surface area contributed by atoms with E-state index >= 15 is 0 Å².